The molecule has 3 aromatic rings. The fourth-order valence-electron chi connectivity index (χ4n) is 5.25. The van der Waals surface area contributed by atoms with E-state index >= 15 is 0 Å². The van der Waals surface area contributed by atoms with Crippen LogP contribution in [-0.2, 0) is 24.4 Å². The predicted molar refractivity (Wildman–Crippen MR) is 160 cm³/mol. The van der Waals surface area contributed by atoms with Crippen LogP contribution in [0.3, 0.4) is 0 Å². The summed E-state index contributed by atoms with van der Waals surface area (Å²) in [5, 5.41) is 4.81. The number of carbonyl (C=O) groups excluding carboxylic acids is 3. The Hall–Kier alpha value is -3.32. The molecule has 0 radical (unpaired) electrons. The first-order valence-electron chi connectivity index (χ1n) is 13.3. The molecule has 3 amide bonds. The van der Waals surface area contributed by atoms with Crippen LogP contribution in [-0.4, -0.2) is 72.1 Å². The molecule has 0 saturated carbocycles. The third-order valence-corrected chi connectivity index (χ3v) is 9.74. The summed E-state index contributed by atoms with van der Waals surface area (Å²) >= 11 is 7.13. The van der Waals surface area contributed by atoms with Gasteiger partial charge < -0.3 is 15.1 Å². The Morgan fingerprint density at radius 3 is 2.73 bits per heavy atom. The minimum absolute atomic E-state index is 0.238. The largest absolute Gasteiger partial charge is 0.332 e. The Morgan fingerprint density at radius 1 is 1.15 bits per heavy atom. The molecule has 0 bridgehead atoms. The van der Waals surface area contributed by atoms with Gasteiger partial charge in [-0.15, -0.1) is 11.3 Å². The number of sulfonamides is 1. The summed E-state index contributed by atoms with van der Waals surface area (Å²) in [6.07, 6.45) is 3.38. The summed E-state index contributed by atoms with van der Waals surface area (Å²) in [7, 11) is -3.91. The summed E-state index contributed by atoms with van der Waals surface area (Å²) < 4.78 is 28.2. The maximum atomic E-state index is 13.4. The summed E-state index contributed by atoms with van der Waals surface area (Å²) in [6, 6.07) is 13.6. The van der Waals surface area contributed by atoms with Crippen molar-refractivity contribution in [2.24, 2.45) is 0 Å². The molecule has 216 valence electrons. The Balaban J connectivity index is 1.22. The van der Waals surface area contributed by atoms with E-state index in [9.17, 15) is 22.8 Å². The smallest absolute Gasteiger partial charge is 0.251 e. The van der Waals surface area contributed by atoms with Gasteiger partial charge in [-0.1, -0.05) is 29.8 Å². The Kier molecular flexibility index (Phi) is 8.46. The fourth-order valence-corrected chi connectivity index (χ4v) is 7.32. The van der Waals surface area contributed by atoms with Crippen LogP contribution in [0.25, 0.3) is 17.0 Å². The van der Waals surface area contributed by atoms with Gasteiger partial charge in [-0.2, -0.15) is 4.72 Å². The molecule has 4 heterocycles. The first-order chi connectivity index (χ1) is 19.5. The number of carbonyl (C=O) groups is 3. The third kappa shape index (κ3) is 6.61. The molecular weight excluding hydrogens is 586 g/mol. The quantitative estimate of drug-likeness (QED) is 0.396. The summed E-state index contributed by atoms with van der Waals surface area (Å²) in [5.74, 6) is -0.781. The van der Waals surface area contributed by atoms with Crippen molar-refractivity contribution >= 4 is 73.5 Å². The number of amides is 3. The van der Waals surface area contributed by atoms with E-state index in [2.05, 4.69) is 15.0 Å². The van der Waals surface area contributed by atoms with Gasteiger partial charge >= 0.3 is 0 Å². The average Bonchev–Trinajstić information content (AvgIpc) is 3.55. The zero-order chi connectivity index (χ0) is 29.2. The molecule has 2 fully saturated rings. The monoisotopic (exact) mass is 615 g/mol. The van der Waals surface area contributed by atoms with Gasteiger partial charge in [0, 0.05) is 28.8 Å². The van der Waals surface area contributed by atoms with Crippen LogP contribution >= 0.6 is 22.9 Å². The lowest BCUT2D eigenvalue weighted by Gasteiger charge is -2.37. The minimum atomic E-state index is -3.91. The number of nitrogens with zero attached hydrogens (tertiary/aromatic N) is 3. The van der Waals surface area contributed by atoms with Crippen molar-refractivity contribution in [2.45, 2.75) is 44.2 Å². The second-order valence-electron chi connectivity index (χ2n) is 10.3. The second kappa shape index (κ2) is 11.9. The number of aromatic nitrogens is 1. The lowest BCUT2D eigenvalue weighted by molar-refractivity contribution is -0.147. The molecule has 2 aromatic heterocycles. The SMILES string of the molecule is C[C@@]1(C(=O)Nc2ccc3ccccc3n2)CCCN1C(=O)CN1CCC[C@H](NS(=O)(=O)/C=C/c2ccc(Cl)s2)C1=O. The van der Waals surface area contributed by atoms with Gasteiger partial charge in [-0.05, 0) is 69.0 Å². The Morgan fingerprint density at radius 2 is 1.95 bits per heavy atom. The minimum Gasteiger partial charge on any atom is -0.332 e. The molecule has 0 aliphatic carbocycles. The molecule has 2 atom stereocenters. The molecule has 2 aliphatic heterocycles. The topological polar surface area (TPSA) is 129 Å². The molecule has 5 rings (SSSR count). The Bertz CT molecular complexity index is 1620. The van der Waals surface area contributed by atoms with Crippen molar-refractivity contribution in [3.05, 3.63) is 63.2 Å². The highest BCUT2D eigenvalue weighted by molar-refractivity contribution is 7.92. The van der Waals surface area contributed by atoms with Crippen LogP contribution in [0, 0.1) is 0 Å². The summed E-state index contributed by atoms with van der Waals surface area (Å²) in [5.41, 5.74) is -0.366. The van der Waals surface area contributed by atoms with E-state index in [1.165, 1.54) is 27.2 Å². The molecule has 2 N–H and O–H groups in total. The van der Waals surface area contributed by atoms with E-state index in [4.69, 9.17) is 11.6 Å². The molecular formula is C28H30ClN5O5S2. The van der Waals surface area contributed by atoms with Crippen molar-refractivity contribution in [2.75, 3.05) is 25.0 Å². The highest BCUT2D eigenvalue weighted by Crippen LogP contribution is 2.31. The Labute approximate surface area is 247 Å². The zero-order valence-electron chi connectivity index (χ0n) is 22.4. The van der Waals surface area contributed by atoms with Crippen molar-refractivity contribution in [1.82, 2.24) is 19.5 Å². The van der Waals surface area contributed by atoms with Crippen LogP contribution in [0.2, 0.25) is 4.34 Å². The van der Waals surface area contributed by atoms with Crippen LogP contribution in [0.5, 0.6) is 0 Å². The van der Waals surface area contributed by atoms with E-state index in [-0.39, 0.29) is 18.4 Å². The number of hydrogen-bond acceptors (Lipinski definition) is 7. The van der Waals surface area contributed by atoms with Gasteiger partial charge in [0.15, 0.2) is 0 Å². The predicted octanol–water partition coefficient (Wildman–Crippen LogP) is 3.85. The van der Waals surface area contributed by atoms with E-state index in [0.29, 0.717) is 53.8 Å². The number of anilines is 1. The lowest BCUT2D eigenvalue weighted by atomic mass is 9.97. The highest BCUT2D eigenvalue weighted by Gasteiger charge is 2.46. The number of rotatable bonds is 8. The average molecular weight is 616 g/mol. The van der Waals surface area contributed by atoms with Crippen LogP contribution in [0.4, 0.5) is 5.82 Å². The molecule has 41 heavy (non-hydrogen) atoms. The van der Waals surface area contributed by atoms with E-state index in [0.717, 1.165) is 16.3 Å². The van der Waals surface area contributed by atoms with Gasteiger partial charge in [0.25, 0.3) is 5.91 Å². The van der Waals surface area contributed by atoms with Crippen LogP contribution in [0.1, 0.15) is 37.5 Å². The van der Waals surface area contributed by atoms with Gasteiger partial charge in [0.1, 0.15) is 17.4 Å². The maximum absolute atomic E-state index is 13.4. The normalized spacial score (nSPS) is 21.6. The number of halogens is 1. The van der Waals surface area contributed by atoms with E-state index < -0.39 is 27.5 Å². The van der Waals surface area contributed by atoms with E-state index in [1.54, 1.807) is 25.1 Å². The maximum Gasteiger partial charge on any atom is 0.251 e. The van der Waals surface area contributed by atoms with Crippen molar-refractivity contribution in [3.8, 4) is 0 Å². The lowest BCUT2D eigenvalue weighted by Crippen LogP contribution is -2.58. The number of nitrogens with one attached hydrogen (secondary N) is 2. The zero-order valence-corrected chi connectivity index (χ0v) is 24.8. The molecule has 2 aliphatic rings. The summed E-state index contributed by atoms with van der Waals surface area (Å²) in [4.78, 5) is 48.1. The number of hydrogen-bond donors (Lipinski definition) is 2. The second-order valence-corrected chi connectivity index (χ2v) is 13.7. The number of pyridine rings is 1. The summed E-state index contributed by atoms with van der Waals surface area (Å²) in [6.45, 7) is 2.18. The molecule has 13 heteroatoms. The van der Waals surface area contributed by atoms with Gasteiger partial charge in [0.05, 0.1) is 16.4 Å². The van der Waals surface area contributed by atoms with Crippen LogP contribution in [0.15, 0.2) is 53.9 Å². The van der Waals surface area contributed by atoms with Crippen molar-refractivity contribution in [1.29, 1.82) is 0 Å². The number of piperidine rings is 1. The van der Waals surface area contributed by atoms with Gasteiger partial charge in [-0.25, -0.2) is 13.4 Å². The van der Waals surface area contributed by atoms with E-state index in [1.807, 2.05) is 30.3 Å². The number of thiophene rings is 1. The molecule has 10 nitrogen and oxygen atoms in total. The molecule has 2 saturated heterocycles. The third-order valence-electron chi connectivity index (χ3n) is 7.44. The molecule has 0 spiro atoms. The van der Waals surface area contributed by atoms with Gasteiger partial charge in [0.2, 0.25) is 21.8 Å². The molecule has 1 aromatic carbocycles. The van der Waals surface area contributed by atoms with Crippen molar-refractivity contribution in [3.63, 3.8) is 0 Å². The first kappa shape index (κ1) is 29.2. The van der Waals surface area contributed by atoms with Gasteiger partial charge in [-0.3, -0.25) is 14.4 Å². The standard InChI is InChI=1S/C28H30ClN5O5S2/c1-28(27(37)31-24-12-9-19-6-2-3-7-21(19)30-24)14-5-16-34(28)25(35)18-33-15-4-8-22(26(33)36)32-41(38,39)17-13-20-10-11-23(29)40-20/h2-3,6-7,9-13,17,22,32H,4-5,8,14-16,18H2,1H3,(H,30,31,37)/b17-13+/t22-,28-/m0/s1. The molecule has 0 unspecified atom stereocenters. The highest BCUT2D eigenvalue weighted by atomic mass is 35.5. The van der Waals surface area contributed by atoms with Crippen LogP contribution < -0.4 is 10.0 Å². The number of benzene rings is 1. The first-order valence-corrected chi connectivity index (χ1v) is 16.0. The number of likely N-dealkylation sites (tertiary alicyclic amines) is 2. The number of para-hydroxylation sites is 1. The number of fused-ring (bicyclic) bond motifs is 1. The van der Waals surface area contributed by atoms with Crippen molar-refractivity contribution < 1.29 is 22.8 Å². The fraction of sp³-hybridized carbons (Fsp3) is 0.357.